The van der Waals surface area contributed by atoms with Crippen molar-refractivity contribution in [1.29, 1.82) is 0 Å². The van der Waals surface area contributed by atoms with Crippen LogP contribution in [0.15, 0.2) is 34.1 Å². The number of nitrogens with one attached hydrogen (secondary N) is 3. The van der Waals surface area contributed by atoms with Crippen LogP contribution in [0.4, 0.5) is 0 Å². The molecule has 0 bridgehead atoms. The molecule has 7 nitrogen and oxygen atoms in total. The Bertz CT molecular complexity index is 662. The van der Waals surface area contributed by atoms with Gasteiger partial charge in [0.15, 0.2) is 0 Å². The van der Waals surface area contributed by atoms with E-state index in [0.29, 0.717) is 6.54 Å². The summed E-state index contributed by atoms with van der Waals surface area (Å²) in [5.74, 6) is 0. The maximum atomic E-state index is 12.1. The van der Waals surface area contributed by atoms with Crippen LogP contribution in [0.3, 0.4) is 0 Å². The van der Waals surface area contributed by atoms with Gasteiger partial charge in [0, 0.05) is 12.6 Å². The van der Waals surface area contributed by atoms with E-state index >= 15 is 0 Å². The van der Waals surface area contributed by atoms with Gasteiger partial charge in [0.05, 0.1) is 9.79 Å². The Labute approximate surface area is 118 Å². The maximum absolute atomic E-state index is 12.1. The van der Waals surface area contributed by atoms with E-state index in [1.807, 2.05) is 0 Å². The van der Waals surface area contributed by atoms with E-state index in [2.05, 4.69) is 14.8 Å². The molecule has 0 radical (unpaired) electrons. The van der Waals surface area contributed by atoms with Crippen molar-refractivity contribution in [3.8, 4) is 0 Å². The second-order valence-corrected chi connectivity index (χ2v) is 8.09. The SMILES string of the molecule is CNS(=O)(=O)c1ccc(S(=O)(=O)NC2CCNC2)cc1. The zero-order valence-electron chi connectivity index (χ0n) is 11.0. The van der Waals surface area contributed by atoms with E-state index in [9.17, 15) is 16.8 Å². The summed E-state index contributed by atoms with van der Waals surface area (Å²) in [4.78, 5) is 0.0842. The fourth-order valence-electron chi connectivity index (χ4n) is 1.96. The smallest absolute Gasteiger partial charge is 0.240 e. The van der Waals surface area contributed by atoms with E-state index in [1.54, 1.807) is 0 Å². The van der Waals surface area contributed by atoms with Crippen molar-refractivity contribution >= 4 is 20.0 Å². The van der Waals surface area contributed by atoms with Gasteiger partial charge in [-0.2, -0.15) is 0 Å². The molecule has 0 saturated carbocycles. The summed E-state index contributed by atoms with van der Waals surface area (Å²) >= 11 is 0. The quantitative estimate of drug-likeness (QED) is 0.661. The highest BCUT2D eigenvalue weighted by Gasteiger charge is 2.23. The van der Waals surface area contributed by atoms with Gasteiger partial charge in [-0.1, -0.05) is 0 Å². The van der Waals surface area contributed by atoms with Crippen LogP contribution in [-0.2, 0) is 20.0 Å². The molecule has 1 atom stereocenters. The normalized spacial score (nSPS) is 20.1. The van der Waals surface area contributed by atoms with Gasteiger partial charge >= 0.3 is 0 Å². The van der Waals surface area contributed by atoms with Crippen LogP contribution < -0.4 is 14.8 Å². The van der Waals surface area contributed by atoms with Crippen LogP contribution in [0, 0.1) is 0 Å². The molecule has 3 N–H and O–H groups in total. The van der Waals surface area contributed by atoms with Crippen molar-refractivity contribution < 1.29 is 16.8 Å². The van der Waals surface area contributed by atoms with Crippen LogP contribution in [0.25, 0.3) is 0 Å². The lowest BCUT2D eigenvalue weighted by Gasteiger charge is -2.12. The first-order chi connectivity index (χ1) is 9.35. The lowest BCUT2D eigenvalue weighted by atomic mass is 10.3. The van der Waals surface area contributed by atoms with Crippen LogP contribution >= 0.6 is 0 Å². The van der Waals surface area contributed by atoms with E-state index in [4.69, 9.17) is 0 Å². The Balaban J connectivity index is 2.20. The van der Waals surface area contributed by atoms with Gasteiger partial charge in [-0.15, -0.1) is 0 Å². The number of hydrogen-bond donors (Lipinski definition) is 3. The third-order valence-corrected chi connectivity index (χ3v) is 6.06. The molecule has 20 heavy (non-hydrogen) atoms. The molecule has 0 amide bonds. The lowest BCUT2D eigenvalue weighted by molar-refractivity contribution is 0.559. The third kappa shape index (κ3) is 3.36. The van der Waals surface area contributed by atoms with E-state index in [1.165, 1.54) is 31.3 Å². The highest BCUT2D eigenvalue weighted by Crippen LogP contribution is 2.15. The molecule has 1 saturated heterocycles. The second kappa shape index (κ2) is 5.78. The Kier molecular flexibility index (Phi) is 4.45. The van der Waals surface area contributed by atoms with E-state index in [-0.39, 0.29) is 15.8 Å². The van der Waals surface area contributed by atoms with Gasteiger partial charge in [0.2, 0.25) is 20.0 Å². The van der Waals surface area contributed by atoms with E-state index in [0.717, 1.165) is 13.0 Å². The monoisotopic (exact) mass is 319 g/mol. The van der Waals surface area contributed by atoms with Crippen LogP contribution in [0.1, 0.15) is 6.42 Å². The van der Waals surface area contributed by atoms with Gasteiger partial charge in [0.1, 0.15) is 0 Å². The molecule has 0 aliphatic carbocycles. The van der Waals surface area contributed by atoms with Crippen molar-refractivity contribution in [2.75, 3.05) is 20.1 Å². The van der Waals surface area contributed by atoms with Gasteiger partial charge in [-0.05, 0) is 44.3 Å². The summed E-state index contributed by atoms with van der Waals surface area (Å²) in [6.07, 6.45) is 0.742. The molecule has 1 aliphatic rings. The molecule has 1 heterocycles. The Hall–Kier alpha value is -1.00. The molecule has 1 aliphatic heterocycles. The minimum atomic E-state index is -3.62. The van der Waals surface area contributed by atoms with Gasteiger partial charge in [-0.25, -0.2) is 26.3 Å². The molecule has 0 spiro atoms. The van der Waals surface area contributed by atoms with Crippen molar-refractivity contribution in [2.24, 2.45) is 0 Å². The maximum Gasteiger partial charge on any atom is 0.240 e. The number of hydrogen-bond acceptors (Lipinski definition) is 5. The topological polar surface area (TPSA) is 104 Å². The third-order valence-electron chi connectivity index (χ3n) is 3.10. The number of rotatable bonds is 5. The number of benzene rings is 1. The summed E-state index contributed by atoms with van der Waals surface area (Å²) in [6, 6.07) is 4.99. The van der Waals surface area contributed by atoms with E-state index < -0.39 is 20.0 Å². The molecular weight excluding hydrogens is 302 g/mol. The summed E-state index contributed by atoms with van der Waals surface area (Å²) in [7, 11) is -5.88. The molecule has 1 fully saturated rings. The van der Waals surface area contributed by atoms with Crippen molar-refractivity contribution in [1.82, 2.24) is 14.8 Å². The standard InChI is InChI=1S/C11H17N3O4S2/c1-12-19(15,16)10-2-4-11(5-3-10)20(17,18)14-9-6-7-13-8-9/h2-5,9,12-14H,6-8H2,1H3. The van der Waals surface area contributed by atoms with Gasteiger partial charge in [0.25, 0.3) is 0 Å². The summed E-state index contributed by atoms with van der Waals surface area (Å²) < 4.78 is 52.1. The van der Waals surface area contributed by atoms with Crippen LogP contribution in [-0.4, -0.2) is 43.0 Å². The Morgan fingerprint density at radius 3 is 2.05 bits per heavy atom. The fraction of sp³-hybridized carbons (Fsp3) is 0.455. The Morgan fingerprint density at radius 1 is 1.05 bits per heavy atom. The first kappa shape index (κ1) is 15.4. The molecule has 1 aromatic carbocycles. The zero-order chi connectivity index (χ0) is 14.8. The fourth-order valence-corrected chi connectivity index (χ4v) is 3.96. The van der Waals surface area contributed by atoms with Crippen molar-refractivity contribution in [3.63, 3.8) is 0 Å². The highest BCUT2D eigenvalue weighted by atomic mass is 32.2. The predicted molar refractivity (Wildman–Crippen MR) is 74.3 cm³/mol. The Morgan fingerprint density at radius 2 is 1.60 bits per heavy atom. The molecule has 1 aromatic rings. The highest BCUT2D eigenvalue weighted by molar-refractivity contribution is 7.90. The molecule has 0 aromatic heterocycles. The largest absolute Gasteiger partial charge is 0.315 e. The average Bonchev–Trinajstić information content (AvgIpc) is 2.91. The zero-order valence-corrected chi connectivity index (χ0v) is 12.6. The first-order valence-corrected chi connectivity index (χ1v) is 9.08. The van der Waals surface area contributed by atoms with Crippen molar-refractivity contribution in [2.45, 2.75) is 22.3 Å². The molecule has 1 unspecified atom stereocenters. The van der Waals surface area contributed by atoms with Crippen LogP contribution in [0.5, 0.6) is 0 Å². The number of sulfonamides is 2. The predicted octanol–water partition coefficient (Wildman–Crippen LogP) is -0.765. The van der Waals surface area contributed by atoms with Gasteiger partial charge in [-0.3, -0.25) is 0 Å². The molecule has 9 heteroatoms. The van der Waals surface area contributed by atoms with Crippen LogP contribution in [0.2, 0.25) is 0 Å². The summed E-state index contributed by atoms with van der Waals surface area (Å²) in [6.45, 7) is 1.39. The van der Waals surface area contributed by atoms with Gasteiger partial charge < -0.3 is 5.32 Å². The van der Waals surface area contributed by atoms with Crippen molar-refractivity contribution in [3.05, 3.63) is 24.3 Å². The summed E-state index contributed by atoms with van der Waals surface area (Å²) in [5.41, 5.74) is 0. The minimum Gasteiger partial charge on any atom is -0.315 e. The second-order valence-electron chi connectivity index (χ2n) is 4.49. The first-order valence-electron chi connectivity index (χ1n) is 6.12. The minimum absolute atomic E-state index is 0.0292. The molecule has 112 valence electrons. The lowest BCUT2D eigenvalue weighted by Crippen LogP contribution is -2.36. The molecule has 2 rings (SSSR count). The molecular formula is C11H17N3O4S2. The average molecular weight is 319 g/mol. The summed E-state index contributed by atoms with van der Waals surface area (Å²) in [5, 5.41) is 3.07.